The van der Waals surface area contributed by atoms with Gasteiger partial charge in [0, 0.05) is 5.57 Å². The number of aliphatic hydroxyl groups excluding tert-OH is 1. The summed E-state index contributed by atoms with van der Waals surface area (Å²) in [4.78, 5) is 11.3. The fourth-order valence-corrected chi connectivity index (χ4v) is 1.04. The quantitative estimate of drug-likeness (QED) is 0.234. The lowest BCUT2D eigenvalue weighted by Crippen LogP contribution is -2.43. The Morgan fingerprint density at radius 3 is 2.42 bits per heavy atom. The van der Waals surface area contributed by atoms with Crippen LogP contribution in [0.3, 0.4) is 0 Å². The van der Waals surface area contributed by atoms with Crippen molar-refractivity contribution < 1.29 is 34.0 Å². The molecular formula is C12H22O7. The molecule has 2 N–H and O–H groups in total. The van der Waals surface area contributed by atoms with Gasteiger partial charge in [0.25, 0.3) is 0 Å². The van der Waals surface area contributed by atoms with E-state index in [-0.39, 0.29) is 45.2 Å². The van der Waals surface area contributed by atoms with Crippen molar-refractivity contribution in [2.45, 2.75) is 19.8 Å². The van der Waals surface area contributed by atoms with Crippen molar-refractivity contribution in [1.82, 2.24) is 0 Å². The fraction of sp³-hybridized carbons (Fsp3) is 0.750. The highest BCUT2D eigenvalue weighted by atomic mass is 16.8. The van der Waals surface area contributed by atoms with E-state index in [0.29, 0.717) is 0 Å². The van der Waals surface area contributed by atoms with E-state index in [4.69, 9.17) is 24.1 Å². The van der Waals surface area contributed by atoms with Gasteiger partial charge in [0.2, 0.25) is 0 Å². The van der Waals surface area contributed by atoms with Crippen LogP contribution in [0.5, 0.6) is 0 Å². The summed E-state index contributed by atoms with van der Waals surface area (Å²) in [5, 5.41) is 18.4. The monoisotopic (exact) mass is 278 g/mol. The average Bonchev–Trinajstić information content (AvgIpc) is 2.33. The highest BCUT2D eigenvalue weighted by Gasteiger charge is 2.33. The molecule has 0 amide bonds. The first-order valence-electron chi connectivity index (χ1n) is 5.96. The number of carbonyl (C=O) groups excluding carboxylic acids is 1. The topological polar surface area (TPSA) is 94.5 Å². The Hall–Kier alpha value is -0.990. The number of carbonyl (C=O) groups is 1. The lowest BCUT2D eigenvalue weighted by atomic mass is 10.4. The summed E-state index contributed by atoms with van der Waals surface area (Å²) in [6.45, 7) is 6.86. The first-order valence-corrected chi connectivity index (χ1v) is 5.96. The zero-order valence-electron chi connectivity index (χ0n) is 11.4. The average molecular weight is 278 g/mol. The molecule has 0 saturated carbocycles. The zero-order valence-corrected chi connectivity index (χ0v) is 11.4. The Morgan fingerprint density at radius 1 is 1.26 bits per heavy atom. The highest BCUT2D eigenvalue weighted by Crippen LogP contribution is 2.12. The minimum atomic E-state index is -2.14. The van der Waals surface area contributed by atoms with Gasteiger partial charge in [-0.05, 0) is 13.8 Å². The summed E-state index contributed by atoms with van der Waals surface area (Å²) in [6.07, 6.45) is 0. The van der Waals surface area contributed by atoms with Gasteiger partial charge in [0.05, 0.1) is 33.0 Å². The van der Waals surface area contributed by atoms with Gasteiger partial charge in [-0.2, -0.15) is 0 Å². The lowest BCUT2D eigenvalue weighted by molar-refractivity contribution is -0.355. The predicted octanol–water partition coefficient (Wildman–Crippen LogP) is -0.186. The summed E-state index contributed by atoms with van der Waals surface area (Å²) >= 11 is 0. The molecule has 0 aliphatic carbocycles. The molecule has 0 aromatic carbocycles. The maximum Gasteiger partial charge on any atom is 0.351 e. The SMILES string of the molecule is C=C(C)C(=O)OC(O)(COCCOCCO)OCC. The minimum absolute atomic E-state index is 0.0703. The smallest absolute Gasteiger partial charge is 0.351 e. The number of esters is 1. The molecular weight excluding hydrogens is 256 g/mol. The molecule has 0 fully saturated rings. The van der Waals surface area contributed by atoms with E-state index in [1.165, 1.54) is 6.92 Å². The fourth-order valence-electron chi connectivity index (χ4n) is 1.04. The molecule has 7 heteroatoms. The van der Waals surface area contributed by atoms with E-state index >= 15 is 0 Å². The van der Waals surface area contributed by atoms with E-state index in [2.05, 4.69) is 6.58 Å². The predicted molar refractivity (Wildman–Crippen MR) is 66.2 cm³/mol. The second-order valence-electron chi connectivity index (χ2n) is 3.70. The second kappa shape index (κ2) is 9.88. The third-order valence-electron chi connectivity index (χ3n) is 1.86. The summed E-state index contributed by atoms with van der Waals surface area (Å²) in [7, 11) is 0. The van der Waals surface area contributed by atoms with Crippen molar-refractivity contribution in [2.75, 3.05) is 39.6 Å². The first-order chi connectivity index (χ1) is 8.95. The Labute approximate surface area is 112 Å². The van der Waals surface area contributed by atoms with Crippen molar-refractivity contribution in [3.63, 3.8) is 0 Å². The number of rotatable bonds is 11. The third kappa shape index (κ3) is 8.68. The summed E-state index contributed by atoms with van der Waals surface area (Å²) in [5.74, 6) is -2.90. The first kappa shape index (κ1) is 18.0. The van der Waals surface area contributed by atoms with Crippen LogP contribution in [0.15, 0.2) is 12.2 Å². The van der Waals surface area contributed by atoms with Gasteiger partial charge in [-0.3, -0.25) is 0 Å². The van der Waals surface area contributed by atoms with E-state index in [9.17, 15) is 9.90 Å². The Morgan fingerprint density at radius 2 is 1.89 bits per heavy atom. The molecule has 1 atom stereocenters. The van der Waals surface area contributed by atoms with Crippen LogP contribution in [-0.4, -0.2) is 61.8 Å². The van der Waals surface area contributed by atoms with Crippen molar-refractivity contribution in [3.05, 3.63) is 12.2 Å². The number of aliphatic hydroxyl groups is 2. The van der Waals surface area contributed by atoms with Crippen LogP contribution in [0.25, 0.3) is 0 Å². The van der Waals surface area contributed by atoms with E-state index in [1.807, 2.05) is 0 Å². The van der Waals surface area contributed by atoms with Gasteiger partial charge < -0.3 is 29.2 Å². The third-order valence-corrected chi connectivity index (χ3v) is 1.86. The molecule has 0 aliphatic heterocycles. The molecule has 0 aromatic heterocycles. The second-order valence-corrected chi connectivity index (χ2v) is 3.70. The molecule has 0 aliphatic rings. The van der Waals surface area contributed by atoms with E-state index in [0.717, 1.165) is 0 Å². The van der Waals surface area contributed by atoms with Crippen LogP contribution in [0.1, 0.15) is 13.8 Å². The van der Waals surface area contributed by atoms with Gasteiger partial charge in [-0.25, -0.2) is 4.79 Å². The van der Waals surface area contributed by atoms with Gasteiger partial charge >= 0.3 is 11.9 Å². The molecule has 112 valence electrons. The van der Waals surface area contributed by atoms with Gasteiger partial charge in [0.1, 0.15) is 6.61 Å². The van der Waals surface area contributed by atoms with Crippen LogP contribution in [-0.2, 0) is 23.7 Å². The van der Waals surface area contributed by atoms with E-state index in [1.54, 1.807) is 6.92 Å². The largest absolute Gasteiger partial charge is 0.402 e. The number of hydrogen-bond donors (Lipinski definition) is 2. The molecule has 0 saturated heterocycles. The Bertz CT molecular complexity index is 279. The van der Waals surface area contributed by atoms with Crippen molar-refractivity contribution in [1.29, 1.82) is 0 Å². The Kier molecular flexibility index (Phi) is 9.36. The normalized spacial score (nSPS) is 13.9. The lowest BCUT2D eigenvalue weighted by Gasteiger charge is -2.26. The molecule has 0 heterocycles. The maximum atomic E-state index is 11.3. The standard InChI is InChI=1S/C12H22O7/c1-4-18-12(15,19-11(14)10(2)3)9-17-8-7-16-6-5-13/h13,15H,2,4-9H2,1,3H3. The van der Waals surface area contributed by atoms with Gasteiger partial charge in [0.15, 0.2) is 0 Å². The van der Waals surface area contributed by atoms with Crippen LogP contribution in [0, 0.1) is 0 Å². The molecule has 1 unspecified atom stereocenters. The summed E-state index contributed by atoms with van der Waals surface area (Å²) < 4.78 is 19.7. The van der Waals surface area contributed by atoms with Crippen LogP contribution in [0.2, 0.25) is 0 Å². The summed E-state index contributed by atoms with van der Waals surface area (Å²) in [5.41, 5.74) is 0.143. The van der Waals surface area contributed by atoms with Gasteiger partial charge in [-0.15, -0.1) is 0 Å². The number of ether oxygens (including phenoxy) is 4. The maximum absolute atomic E-state index is 11.3. The zero-order chi connectivity index (χ0) is 14.7. The van der Waals surface area contributed by atoms with Crippen molar-refractivity contribution in [2.24, 2.45) is 0 Å². The molecule has 0 bridgehead atoms. The molecule has 19 heavy (non-hydrogen) atoms. The molecule has 0 spiro atoms. The van der Waals surface area contributed by atoms with Crippen molar-refractivity contribution >= 4 is 5.97 Å². The van der Waals surface area contributed by atoms with Crippen molar-refractivity contribution in [3.8, 4) is 0 Å². The van der Waals surface area contributed by atoms with E-state index < -0.39 is 11.9 Å². The summed E-state index contributed by atoms with van der Waals surface area (Å²) in [6, 6.07) is 0. The minimum Gasteiger partial charge on any atom is -0.402 e. The van der Waals surface area contributed by atoms with Crippen LogP contribution >= 0.6 is 0 Å². The number of hydrogen-bond acceptors (Lipinski definition) is 7. The molecule has 0 rings (SSSR count). The molecule has 0 radical (unpaired) electrons. The van der Waals surface area contributed by atoms with Crippen LogP contribution < -0.4 is 0 Å². The van der Waals surface area contributed by atoms with Crippen LogP contribution in [0.4, 0.5) is 0 Å². The van der Waals surface area contributed by atoms with Gasteiger partial charge in [-0.1, -0.05) is 6.58 Å². The highest BCUT2D eigenvalue weighted by molar-refractivity contribution is 5.87. The Balaban J connectivity index is 4.08. The molecule has 0 aromatic rings. The molecule has 7 nitrogen and oxygen atoms in total.